The number of rotatable bonds is 4. The van der Waals surface area contributed by atoms with E-state index in [4.69, 9.17) is 0 Å². The van der Waals surface area contributed by atoms with Crippen LogP contribution >= 0.6 is 0 Å². The van der Waals surface area contributed by atoms with E-state index in [9.17, 15) is 18.0 Å². The van der Waals surface area contributed by atoms with Crippen molar-refractivity contribution < 1.29 is 22.7 Å². The highest BCUT2D eigenvalue weighted by molar-refractivity contribution is 5.75. The maximum absolute atomic E-state index is 11.9. The highest BCUT2D eigenvalue weighted by Gasteiger charge is 2.37. The van der Waals surface area contributed by atoms with Crippen molar-refractivity contribution in [2.45, 2.75) is 45.6 Å². The van der Waals surface area contributed by atoms with Gasteiger partial charge in [-0.05, 0) is 20.8 Å². The molecule has 5 heteroatoms. The SMILES string of the molecule is CC(=O)CC(C)OC(C)C(F)(F)F. The minimum atomic E-state index is -4.36. The molecule has 0 rings (SSSR count). The Morgan fingerprint density at radius 1 is 1.38 bits per heavy atom. The molecule has 0 aromatic carbocycles. The normalized spacial score (nSPS) is 16.8. The summed E-state index contributed by atoms with van der Waals surface area (Å²) in [4.78, 5) is 10.5. The summed E-state index contributed by atoms with van der Waals surface area (Å²) in [6, 6.07) is 0. The van der Waals surface area contributed by atoms with Crippen LogP contribution in [0.4, 0.5) is 13.2 Å². The molecule has 0 aliphatic heterocycles. The van der Waals surface area contributed by atoms with Crippen LogP contribution in [0.25, 0.3) is 0 Å². The first kappa shape index (κ1) is 12.4. The van der Waals surface area contributed by atoms with Gasteiger partial charge in [0.05, 0.1) is 6.10 Å². The van der Waals surface area contributed by atoms with Crippen LogP contribution in [-0.4, -0.2) is 24.2 Å². The number of Topliss-reactive ketones (excluding diaryl/α,β-unsaturated/α-hetero) is 1. The fourth-order valence-electron chi connectivity index (χ4n) is 0.879. The van der Waals surface area contributed by atoms with Gasteiger partial charge in [-0.2, -0.15) is 13.2 Å². The lowest BCUT2D eigenvalue weighted by atomic mass is 10.2. The lowest BCUT2D eigenvalue weighted by Crippen LogP contribution is -2.32. The quantitative estimate of drug-likeness (QED) is 0.692. The Hall–Kier alpha value is -0.580. The summed E-state index contributed by atoms with van der Waals surface area (Å²) in [5.41, 5.74) is 0. The summed E-state index contributed by atoms with van der Waals surface area (Å²) in [7, 11) is 0. The number of carbonyl (C=O) groups is 1. The summed E-state index contributed by atoms with van der Waals surface area (Å²) < 4.78 is 40.4. The number of hydrogen-bond donors (Lipinski definition) is 0. The van der Waals surface area contributed by atoms with Crippen molar-refractivity contribution in [1.29, 1.82) is 0 Å². The minimum Gasteiger partial charge on any atom is -0.366 e. The Bertz CT molecular complexity index is 177. The predicted octanol–water partition coefficient (Wildman–Crippen LogP) is 2.32. The second-order valence-electron chi connectivity index (χ2n) is 3.04. The lowest BCUT2D eigenvalue weighted by Gasteiger charge is -2.20. The Morgan fingerprint density at radius 3 is 2.15 bits per heavy atom. The first-order valence-electron chi connectivity index (χ1n) is 3.95. The largest absolute Gasteiger partial charge is 0.414 e. The molecule has 0 radical (unpaired) electrons. The molecule has 2 atom stereocenters. The van der Waals surface area contributed by atoms with E-state index in [1.165, 1.54) is 13.8 Å². The molecule has 0 amide bonds. The van der Waals surface area contributed by atoms with Gasteiger partial charge in [0.1, 0.15) is 5.78 Å². The summed E-state index contributed by atoms with van der Waals surface area (Å²) in [5, 5.41) is 0. The zero-order valence-corrected chi connectivity index (χ0v) is 7.81. The van der Waals surface area contributed by atoms with E-state index in [-0.39, 0.29) is 12.2 Å². The number of hydrogen-bond acceptors (Lipinski definition) is 2. The topological polar surface area (TPSA) is 26.3 Å². The van der Waals surface area contributed by atoms with Crippen molar-refractivity contribution in [3.05, 3.63) is 0 Å². The third kappa shape index (κ3) is 5.63. The average molecular weight is 198 g/mol. The molecule has 0 heterocycles. The van der Waals surface area contributed by atoms with Gasteiger partial charge in [-0.1, -0.05) is 0 Å². The molecule has 0 spiro atoms. The van der Waals surface area contributed by atoms with Crippen LogP contribution in [0.3, 0.4) is 0 Å². The zero-order chi connectivity index (χ0) is 10.6. The van der Waals surface area contributed by atoms with Crippen LogP contribution < -0.4 is 0 Å². The Labute approximate surface area is 75.1 Å². The van der Waals surface area contributed by atoms with E-state index < -0.39 is 18.4 Å². The molecule has 0 aromatic heterocycles. The highest BCUT2D eigenvalue weighted by atomic mass is 19.4. The van der Waals surface area contributed by atoms with E-state index in [2.05, 4.69) is 4.74 Å². The third-order valence-corrected chi connectivity index (χ3v) is 1.47. The maximum Gasteiger partial charge on any atom is 0.414 e. The van der Waals surface area contributed by atoms with Crippen LogP contribution in [0.2, 0.25) is 0 Å². The van der Waals surface area contributed by atoms with Crippen LogP contribution in [0, 0.1) is 0 Å². The first-order chi connectivity index (χ1) is 5.73. The smallest absolute Gasteiger partial charge is 0.366 e. The molecule has 0 saturated heterocycles. The van der Waals surface area contributed by atoms with Gasteiger partial charge >= 0.3 is 6.18 Å². The van der Waals surface area contributed by atoms with Crippen LogP contribution in [-0.2, 0) is 9.53 Å². The molecule has 0 aromatic rings. The molecular formula is C8H13F3O2. The van der Waals surface area contributed by atoms with Crippen LogP contribution in [0.15, 0.2) is 0 Å². The molecule has 0 aliphatic carbocycles. The monoisotopic (exact) mass is 198 g/mol. The second-order valence-corrected chi connectivity index (χ2v) is 3.04. The van der Waals surface area contributed by atoms with Gasteiger partial charge in [-0.3, -0.25) is 4.79 Å². The molecule has 0 N–H and O–H groups in total. The Morgan fingerprint density at radius 2 is 1.85 bits per heavy atom. The van der Waals surface area contributed by atoms with Crippen LogP contribution in [0.5, 0.6) is 0 Å². The number of ketones is 1. The summed E-state index contributed by atoms with van der Waals surface area (Å²) in [5.74, 6) is -0.179. The van der Waals surface area contributed by atoms with Gasteiger partial charge in [0.2, 0.25) is 0 Å². The highest BCUT2D eigenvalue weighted by Crippen LogP contribution is 2.23. The predicted molar refractivity (Wildman–Crippen MR) is 41.4 cm³/mol. The molecule has 0 fully saturated rings. The van der Waals surface area contributed by atoms with Gasteiger partial charge in [0.15, 0.2) is 6.10 Å². The van der Waals surface area contributed by atoms with E-state index >= 15 is 0 Å². The van der Waals surface area contributed by atoms with Crippen molar-refractivity contribution in [2.24, 2.45) is 0 Å². The van der Waals surface area contributed by atoms with Gasteiger partial charge < -0.3 is 4.74 Å². The van der Waals surface area contributed by atoms with E-state index in [1.54, 1.807) is 0 Å². The second kappa shape index (κ2) is 4.60. The molecule has 13 heavy (non-hydrogen) atoms. The molecule has 78 valence electrons. The maximum atomic E-state index is 11.9. The van der Waals surface area contributed by atoms with Gasteiger partial charge in [0, 0.05) is 6.42 Å². The van der Waals surface area contributed by atoms with Crippen LogP contribution in [0.1, 0.15) is 27.2 Å². The summed E-state index contributed by atoms with van der Waals surface area (Å²) >= 11 is 0. The molecule has 2 nitrogen and oxygen atoms in total. The Kier molecular flexibility index (Phi) is 4.39. The fraction of sp³-hybridized carbons (Fsp3) is 0.875. The summed E-state index contributed by atoms with van der Waals surface area (Å²) in [6.07, 6.45) is -6.85. The van der Waals surface area contributed by atoms with E-state index in [0.717, 1.165) is 6.92 Å². The fourth-order valence-corrected chi connectivity index (χ4v) is 0.879. The van der Waals surface area contributed by atoms with Crippen molar-refractivity contribution in [1.82, 2.24) is 0 Å². The van der Waals surface area contributed by atoms with Gasteiger partial charge in [0.25, 0.3) is 0 Å². The minimum absolute atomic E-state index is 0.0143. The number of ether oxygens (including phenoxy) is 1. The molecule has 0 bridgehead atoms. The zero-order valence-electron chi connectivity index (χ0n) is 7.81. The van der Waals surface area contributed by atoms with Crippen molar-refractivity contribution in [3.8, 4) is 0 Å². The molecule has 2 unspecified atom stereocenters. The van der Waals surface area contributed by atoms with Crippen molar-refractivity contribution in [3.63, 3.8) is 0 Å². The first-order valence-corrected chi connectivity index (χ1v) is 3.95. The van der Waals surface area contributed by atoms with Gasteiger partial charge in [-0.15, -0.1) is 0 Å². The summed E-state index contributed by atoms with van der Waals surface area (Å²) in [6.45, 7) is 3.69. The number of carbonyl (C=O) groups excluding carboxylic acids is 1. The lowest BCUT2D eigenvalue weighted by molar-refractivity contribution is -0.225. The standard InChI is InChI=1S/C8H13F3O2/c1-5(12)4-6(2)13-7(3)8(9,10)11/h6-7H,4H2,1-3H3. The molecular weight excluding hydrogens is 185 g/mol. The number of alkyl halides is 3. The van der Waals surface area contributed by atoms with Crippen molar-refractivity contribution in [2.75, 3.05) is 0 Å². The van der Waals surface area contributed by atoms with Crippen molar-refractivity contribution >= 4 is 5.78 Å². The Balaban J connectivity index is 3.92. The molecule has 0 saturated carbocycles. The van der Waals surface area contributed by atoms with Gasteiger partial charge in [-0.25, -0.2) is 0 Å². The molecule has 0 aliphatic rings. The number of halogens is 3. The van der Waals surface area contributed by atoms with E-state index in [1.807, 2.05) is 0 Å². The third-order valence-electron chi connectivity index (χ3n) is 1.47. The van der Waals surface area contributed by atoms with E-state index in [0.29, 0.717) is 0 Å². The average Bonchev–Trinajstić information content (AvgIpc) is 1.82.